The van der Waals surface area contributed by atoms with Crippen molar-refractivity contribution in [2.24, 2.45) is 0 Å². The summed E-state index contributed by atoms with van der Waals surface area (Å²) in [6.07, 6.45) is 4.99. The van der Waals surface area contributed by atoms with E-state index in [4.69, 9.17) is 5.11 Å². The number of carboxylic acids is 1. The van der Waals surface area contributed by atoms with E-state index in [1.165, 1.54) is 0 Å². The van der Waals surface area contributed by atoms with Gasteiger partial charge in [0.2, 0.25) is 0 Å². The number of rotatable bonds is 6. The minimum atomic E-state index is -0.923. The van der Waals surface area contributed by atoms with E-state index in [9.17, 15) is 4.79 Å². The molecule has 18 heavy (non-hydrogen) atoms. The van der Waals surface area contributed by atoms with E-state index in [1.807, 2.05) is 24.3 Å². The Labute approximate surface area is 109 Å². The summed E-state index contributed by atoms with van der Waals surface area (Å²) in [6, 6.07) is 8.48. The van der Waals surface area contributed by atoms with E-state index in [-0.39, 0.29) is 0 Å². The second-order valence-corrected chi connectivity index (χ2v) is 4.34. The third-order valence-corrected chi connectivity index (χ3v) is 3.21. The molecule has 98 valence electrons. The predicted octanol–water partition coefficient (Wildman–Crippen LogP) is 3.41. The smallest absolute Gasteiger partial charge is 0.328 e. The number of aliphatic carboxylic acids is 1. The molecule has 0 fully saturated rings. The highest BCUT2D eigenvalue weighted by atomic mass is 16.4. The number of anilines is 1. The van der Waals surface area contributed by atoms with Crippen LogP contribution in [0.1, 0.15) is 32.3 Å². The molecule has 0 unspecified atom stereocenters. The van der Waals surface area contributed by atoms with Crippen molar-refractivity contribution in [1.29, 1.82) is 0 Å². The Morgan fingerprint density at radius 3 is 2.28 bits per heavy atom. The summed E-state index contributed by atoms with van der Waals surface area (Å²) in [5.41, 5.74) is 2.07. The lowest BCUT2D eigenvalue weighted by Gasteiger charge is -2.28. The van der Waals surface area contributed by atoms with E-state index in [0.29, 0.717) is 6.04 Å². The average molecular weight is 247 g/mol. The first-order valence-corrected chi connectivity index (χ1v) is 6.32. The highest BCUT2D eigenvalue weighted by molar-refractivity contribution is 5.85. The number of nitrogens with zero attached hydrogens (tertiary/aromatic N) is 1. The first-order chi connectivity index (χ1) is 8.58. The van der Waals surface area contributed by atoms with Gasteiger partial charge in [0, 0.05) is 24.9 Å². The fourth-order valence-corrected chi connectivity index (χ4v) is 2.04. The van der Waals surface area contributed by atoms with Gasteiger partial charge < -0.3 is 10.0 Å². The van der Waals surface area contributed by atoms with Crippen LogP contribution in [0.3, 0.4) is 0 Å². The van der Waals surface area contributed by atoms with Crippen molar-refractivity contribution >= 4 is 17.7 Å². The van der Waals surface area contributed by atoms with E-state index < -0.39 is 5.97 Å². The summed E-state index contributed by atoms with van der Waals surface area (Å²) in [4.78, 5) is 12.7. The summed E-state index contributed by atoms with van der Waals surface area (Å²) in [6.45, 7) is 4.38. The average Bonchev–Trinajstić information content (AvgIpc) is 2.38. The highest BCUT2D eigenvalue weighted by Gasteiger charge is 2.10. The quantitative estimate of drug-likeness (QED) is 0.783. The molecule has 3 nitrogen and oxygen atoms in total. The zero-order valence-corrected chi connectivity index (χ0v) is 11.3. The van der Waals surface area contributed by atoms with Crippen molar-refractivity contribution in [3.63, 3.8) is 0 Å². The van der Waals surface area contributed by atoms with Crippen molar-refractivity contribution in [3.05, 3.63) is 35.9 Å². The second kappa shape index (κ2) is 6.84. The first-order valence-electron chi connectivity index (χ1n) is 6.32. The Morgan fingerprint density at radius 2 is 1.83 bits per heavy atom. The molecular formula is C15H21NO2. The minimum Gasteiger partial charge on any atom is -0.478 e. The SMILES string of the molecule is CCC(CC)N(C)c1ccc(/C=C/C(=O)O)cc1. The van der Waals surface area contributed by atoms with Gasteiger partial charge in [0.05, 0.1) is 0 Å². The Hall–Kier alpha value is -1.77. The number of hydrogen-bond donors (Lipinski definition) is 1. The molecule has 1 N–H and O–H groups in total. The molecule has 0 spiro atoms. The molecule has 0 amide bonds. The highest BCUT2D eigenvalue weighted by Crippen LogP contribution is 2.19. The molecule has 0 radical (unpaired) electrons. The molecule has 0 aliphatic heterocycles. The van der Waals surface area contributed by atoms with Crippen LogP contribution in [0, 0.1) is 0 Å². The fraction of sp³-hybridized carbons (Fsp3) is 0.400. The van der Waals surface area contributed by atoms with Crippen LogP contribution >= 0.6 is 0 Å². The molecule has 0 saturated carbocycles. The third-order valence-electron chi connectivity index (χ3n) is 3.21. The van der Waals surface area contributed by atoms with E-state index in [2.05, 4.69) is 25.8 Å². The summed E-state index contributed by atoms with van der Waals surface area (Å²) in [5.74, 6) is -0.923. The minimum absolute atomic E-state index is 0.547. The van der Waals surface area contributed by atoms with Crippen molar-refractivity contribution < 1.29 is 9.90 Å². The van der Waals surface area contributed by atoms with E-state index in [0.717, 1.165) is 30.2 Å². The molecule has 1 aromatic carbocycles. The summed E-state index contributed by atoms with van der Waals surface area (Å²) < 4.78 is 0. The first kappa shape index (κ1) is 14.3. The third kappa shape index (κ3) is 3.91. The lowest BCUT2D eigenvalue weighted by Crippen LogP contribution is -2.30. The largest absolute Gasteiger partial charge is 0.478 e. The van der Waals surface area contributed by atoms with Crippen LogP contribution in [-0.4, -0.2) is 24.2 Å². The van der Waals surface area contributed by atoms with Crippen LogP contribution < -0.4 is 4.90 Å². The fourth-order valence-electron chi connectivity index (χ4n) is 2.04. The Balaban J connectivity index is 2.79. The molecule has 0 saturated heterocycles. The molecule has 3 heteroatoms. The molecule has 0 aromatic heterocycles. The molecule has 0 atom stereocenters. The molecule has 0 bridgehead atoms. The zero-order chi connectivity index (χ0) is 13.5. The predicted molar refractivity (Wildman–Crippen MR) is 75.9 cm³/mol. The topological polar surface area (TPSA) is 40.5 Å². The van der Waals surface area contributed by atoms with Crippen molar-refractivity contribution in [1.82, 2.24) is 0 Å². The van der Waals surface area contributed by atoms with Crippen LogP contribution in [0.2, 0.25) is 0 Å². The zero-order valence-electron chi connectivity index (χ0n) is 11.3. The number of carbonyl (C=O) groups is 1. The molecular weight excluding hydrogens is 226 g/mol. The number of benzene rings is 1. The van der Waals surface area contributed by atoms with Crippen molar-refractivity contribution in [2.45, 2.75) is 32.7 Å². The van der Waals surface area contributed by atoms with Gasteiger partial charge in [-0.05, 0) is 36.6 Å². The van der Waals surface area contributed by atoms with Crippen LogP contribution in [-0.2, 0) is 4.79 Å². The van der Waals surface area contributed by atoms with Gasteiger partial charge in [-0.15, -0.1) is 0 Å². The standard InChI is InChI=1S/C15H21NO2/c1-4-13(5-2)16(3)14-9-6-12(7-10-14)8-11-15(17)18/h6-11,13H,4-5H2,1-3H3,(H,17,18)/b11-8+. The van der Waals surface area contributed by atoms with Gasteiger partial charge in [-0.1, -0.05) is 26.0 Å². The van der Waals surface area contributed by atoms with Gasteiger partial charge in [0.25, 0.3) is 0 Å². The molecule has 0 heterocycles. The van der Waals surface area contributed by atoms with Crippen molar-refractivity contribution in [3.8, 4) is 0 Å². The molecule has 0 aliphatic rings. The van der Waals surface area contributed by atoms with Crippen LogP contribution in [0.15, 0.2) is 30.3 Å². The second-order valence-electron chi connectivity index (χ2n) is 4.34. The Kier molecular flexibility index (Phi) is 5.43. The summed E-state index contributed by atoms with van der Waals surface area (Å²) >= 11 is 0. The van der Waals surface area contributed by atoms with Crippen molar-refractivity contribution in [2.75, 3.05) is 11.9 Å². The molecule has 0 aliphatic carbocycles. The maximum absolute atomic E-state index is 10.4. The number of hydrogen-bond acceptors (Lipinski definition) is 2. The number of carboxylic acid groups (broad SMARTS) is 1. The van der Waals surface area contributed by atoms with Crippen LogP contribution in [0.25, 0.3) is 6.08 Å². The molecule has 1 rings (SSSR count). The van der Waals surface area contributed by atoms with Gasteiger partial charge in [0.1, 0.15) is 0 Å². The van der Waals surface area contributed by atoms with Gasteiger partial charge in [0.15, 0.2) is 0 Å². The maximum Gasteiger partial charge on any atom is 0.328 e. The van der Waals surface area contributed by atoms with Crippen LogP contribution in [0.4, 0.5) is 5.69 Å². The maximum atomic E-state index is 10.4. The van der Waals surface area contributed by atoms with E-state index in [1.54, 1.807) is 6.08 Å². The van der Waals surface area contributed by atoms with E-state index >= 15 is 0 Å². The lowest BCUT2D eigenvalue weighted by atomic mass is 10.1. The van der Waals surface area contributed by atoms with Gasteiger partial charge in [-0.25, -0.2) is 4.79 Å². The monoisotopic (exact) mass is 247 g/mol. The summed E-state index contributed by atoms with van der Waals surface area (Å²) in [5, 5.41) is 8.56. The van der Waals surface area contributed by atoms with Gasteiger partial charge in [-0.3, -0.25) is 0 Å². The van der Waals surface area contributed by atoms with Gasteiger partial charge >= 0.3 is 5.97 Å². The van der Waals surface area contributed by atoms with Crippen LogP contribution in [0.5, 0.6) is 0 Å². The Morgan fingerprint density at radius 1 is 1.28 bits per heavy atom. The van der Waals surface area contributed by atoms with Gasteiger partial charge in [-0.2, -0.15) is 0 Å². The molecule has 1 aromatic rings. The summed E-state index contributed by atoms with van der Waals surface area (Å²) in [7, 11) is 2.10. The normalized spacial score (nSPS) is 11.1. The Bertz CT molecular complexity index is 405. The lowest BCUT2D eigenvalue weighted by molar-refractivity contribution is -0.131.